The van der Waals surface area contributed by atoms with Crippen LogP contribution < -0.4 is 21.8 Å². The summed E-state index contributed by atoms with van der Waals surface area (Å²) in [6.07, 6.45) is 0. The number of amides is 4. The van der Waals surface area contributed by atoms with Gasteiger partial charge in [-0.3, -0.25) is 48.5 Å². The Labute approximate surface area is 307 Å². The first-order chi connectivity index (χ1) is 24.5. The number of aromatic hydroxyl groups is 2. The molecule has 0 aliphatic rings. The van der Waals surface area contributed by atoms with Crippen LogP contribution in [-0.2, 0) is 22.7 Å². The summed E-state index contributed by atoms with van der Waals surface area (Å²) < 4.78 is 1.89. The summed E-state index contributed by atoms with van der Waals surface area (Å²) in [5, 5.41) is 42.3. The van der Waals surface area contributed by atoms with E-state index in [0.717, 1.165) is 23.0 Å². The van der Waals surface area contributed by atoms with Gasteiger partial charge in [-0.2, -0.15) is 10.2 Å². The summed E-state index contributed by atoms with van der Waals surface area (Å²) in [6.45, 7) is 8.32. The Kier molecular flexibility index (Phi) is 12.0. The first kappa shape index (κ1) is 38.9. The summed E-state index contributed by atoms with van der Waals surface area (Å²) in [6, 6.07) is 9.87. The second kappa shape index (κ2) is 16.0. The number of pyridine rings is 2. The van der Waals surface area contributed by atoms with E-state index in [4.69, 9.17) is 0 Å². The van der Waals surface area contributed by atoms with Crippen molar-refractivity contribution in [1.82, 2.24) is 19.8 Å². The molecule has 4 amide bonds. The van der Waals surface area contributed by atoms with Crippen LogP contribution in [0.4, 0.5) is 22.7 Å². The van der Waals surface area contributed by atoms with Gasteiger partial charge in [-0.25, -0.2) is 0 Å². The molecule has 0 unspecified atom stereocenters. The Hall–Kier alpha value is -5.88. The van der Waals surface area contributed by atoms with Crippen LogP contribution in [0.25, 0.3) is 11.1 Å². The van der Waals surface area contributed by atoms with E-state index >= 15 is 0 Å². The number of nitrogens with zero attached hydrogens (tertiary/aromatic N) is 6. The van der Waals surface area contributed by atoms with E-state index in [2.05, 4.69) is 56.3 Å². The molecule has 16 nitrogen and oxygen atoms in total. The number of carbonyl (C=O) groups excluding carboxylic acids is 4. The fourth-order valence-corrected chi connectivity index (χ4v) is 5.91. The zero-order valence-corrected chi connectivity index (χ0v) is 30.6. The van der Waals surface area contributed by atoms with Gasteiger partial charge in [0.05, 0.1) is 11.4 Å². The molecule has 2 heterocycles. The van der Waals surface area contributed by atoms with E-state index in [0.29, 0.717) is 32.3 Å². The van der Waals surface area contributed by atoms with Crippen molar-refractivity contribution >= 4 is 71.6 Å². The summed E-state index contributed by atoms with van der Waals surface area (Å²) in [5.41, 5.74) is -0.510. The van der Waals surface area contributed by atoms with Gasteiger partial charge < -0.3 is 10.2 Å². The summed E-state index contributed by atoms with van der Waals surface area (Å²) in [4.78, 5) is 74.9. The van der Waals surface area contributed by atoms with Crippen molar-refractivity contribution in [1.29, 1.82) is 0 Å². The Morgan fingerprint density at radius 3 is 1.29 bits per heavy atom. The smallest absolute Gasteiger partial charge is 0.266 e. The number of rotatable bonds is 9. The Balaban J connectivity index is 1.66. The molecule has 0 aliphatic carbocycles. The van der Waals surface area contributed by atoms with Crippen LogP contribution in [0.5, 0.6) is 11.8 Å². The number of hydrogen-bond donors (Lipinski definition) is 6. The molecule has 0 spiro atoms. The van der Waals surface area contributed by atoms with Gasteiger partial charge in [-0.1, -0.05) is 12.1 Å². The maximum absolute atomic E-state index is 12.9. The van der Waals surface area contributed by atoms with Crippen LogP contribution in [0.3, 0.4) is 0 Å². The summed E-state index contributed by atoms with van der Waals surface area (Å²) in [7, 11) is 0. The third-order valence-electron chi connectivity index (χ3n) is 7.76. The van der Waals surface area contributed by atoms with Gasteiger partial charge >= 0.3 is 0 Å². The number of imide groups is 2. The molecule has 0 saturated heterocycles. The van der Waals surface area contributed by atoms with Gasteiger partial charge in [0, 0.05) is 47.9 Å². The van der Waals surface area contributed by atoms with E-state index < -0.39 is 46.5 Å². The largest absolute Gasteiger partial charge is 0.493 e. The highest BCUT2D eigenvalue weighted by molar-refractivity contribution is 7.80. The fraction of sp³-hybridized carbons (Fsp3) is 0.235. The lowest BCUT2D eigenvalue weighted by Crippen LogP contribution is -2.36. The molecule has 270 valence electrons. The predicted molar refractivity (Wildman–Crippen MR) is 197 cm³/mol. The molecule has 0 atom stereocenters. The molecule has 2 aromatic carbocycles. The number of nitrogens with one attached hydrogen (secondary N) is 2. The highest BCUT2D eigenvalue weighted by Crippen LogP contribution is 2.38. The van der Waals surface area contributed by atoms with Crippen molar-refractivity contribution in [2.24, 2.45) is 20.5 Å². The van der Waals surface area contributed by atoms with Crippen molar-refractivity contribution in [3.8, 4) is 22.9 Å². The van der Waals surface area contributed by atoms with Gasteiger partial charge in [-0.15, -0.1) is 35.5 Å². The minimum Gasteiger partial charge on any atom is -0.493 e. The zero-order valence-electron chi connectivity index (χ0n) is 28.8. The standard InChI is InChI=1S/C34H34N8O8S2/c1-7-41-31(47)25(29(45)35-17(5)43)15(3)27(33(41)49)39-37-19-9-11-21(23(51)13-19)22-12-10-20(14-24(22)52)38-40-28-16(4)26(30(46)36-18(6)44)32(48)42(8-2)34(28)50/h9-14,49-52H,7-8H2,1-6H3,(H,35,43,45)(H,36,44,46). The third kappa shape index (κ3) is 7.87. The number of thiol groups is 2. The van der Waals surface area contributed by atoms with Crippen LogP contribution in [-0.4, -0.2) is 43.0 Å². The maximum Gasteiger partial charge on any atom is 0.266 e. The summed E-state index contributed by atoms with van der Waals surface area (Å²) >= 11 is 9.22. The van der Waals surface area contributed by atoms with Crippen LogP contribution in [0.1, 0.15) is 59.5 Å². The molecule has 4 N–H and O–H groups in total. The molecule has 0 saturated carbocycles. The predicted octanol–water partition coefficient (Wildman–Crippen LogP) is 5.71. The van der Waals surface area contributed by atoms with E-state index in [1.54, 1.807) is 50.2 Å². The molecule has 18 heteroatoms. The molecule has 4 aromatic rings. The van der Waals surface area contributed by atoms with Gasteiger partial charge in [-0.05, 0) is 63.1 Å². The number of aromatic nitrogens is 2. The normalized spacial score (nSPS) is 11.3. The highest BCUT2D eigenvalue weighted by atomic mass is 32.1. The first-order valence-electron chi connectivity index (χ1n) is 15.6. The quantitative estimate of drug-likeness (QED) is 0.0917. The number of benzene rings is 2. The number of hydrogen-bond acceptors (Lipinski definition) is 14. The Morgan fingerprint density at radius 2 is 1.00 bits per heavy atom. The monoisotopic (exact) mass is 746 g/mol. The van der Waals surface area contributed by atoms with Crippen molar-refractivity contribution < 1.29 is 29.4 Å². The Morgan fingerprint density at radius 1 is 0.654 bits per heavy atom. The third-order valence-corrected chi connectivity index (χ3v) is 8.50. The minimum atomic E-state index is -0.925. The lowest BCUT2D eigenvalue weighted by atomic mass is 10.0. The maximum atomic E-state index is 12.9. The van der Waals surface area contributed by atoms with E-state index in [1.807, 2.05) is 0 Å². The molecule has 4 rings (SSSR count). The van der Waals surface area contributed by atoms with Gasteiger partial charge in [0.25, 0.3) is 22.9 Å². The van der Waals surface area contributed by atoms with Crippen LogP contribution >= 0.6 is 25.3 Å². The van der Waals surface area contributed by atoms with E-state index in [1.165, 1.54) is 13.8 Å². The lowest BCUT2D eigenvalue weighted by Gasteiger charge is -2.14. The second-order valence-electron chi connectivity index (χ2n) is 11.3. The molecule has 52 heavy (non-hydrogen) atoms. The number of carbonyl (C=O) groups is 4. The van der Waals surface area contributed by atoms with Gasteiger partial charge in [0.15, 0.2) is 0 Å². The van der Waals surface area contributed by atoms with E-state index in [9.17, 15) is 39.0 Å². The average Bonchev–Trinajstić information content (AvgIpc) is 3.04. The topological polar surface area (TPSA) is 226 Å². The van der Waals surface area contributed by atoms with Gasteiger partial charge in [0.1, 0.15) is 22.5 Å². The van der Waals surface area contributed by atoms with Crippen LogP contribution in [0, 0.1) is 13.8 Å². The SMILES string of the molecule is CCn1c(O)c(N=Nc2ccc(-c3ccc(N=Nc4c(C)c(C(=O)NC(C)=O)c(=O)n(CC)c4O)cc3S)c(S)c2)c(C)c(C(=O)NC(C)=O)c1=O. The van der Waals surface area contributed by atoms with Crippen molar-refractivity contribution in [2.75, 3.05) is 0 Å². The van der Waals surface area contributed by atoms with Crippen LogP contribution in [0.2, 0.25) is 0 Å². The van der Waals surface area contributed by atoms with Gasteiger partial charge in [0.2, 0.25) is 23.6 Å². The molecule has 0 fully saturated rings. The minimum absolute atomic E-state index is 0.0207. The Bertz CT molecular complexity index is 2180. The molecule has 0 bridgehead atoms. The molecular weight excluding hydrogens is 713 g/mol. The van der Waals surface area contributed by atoms with Crippen molar-refractivity contribution in [3.63, 3.8) is 0 Å². The molecular formula is C34H34N8O8S2. The fourth-order valence-electron chi connectivity index (χ4n) is 5.25. The lowest BCUT2D eigenvalue weighted by molar-refractivity contribution is -0.119. The van der Waals surface area contributed by atoms with Crippen LogP contribution in [0.15, 0.2) is 76.2 Å². The molecule has 2 aromatic heterocycles. The number of azo groups is 2. The average molecular weight is 747 g/mol. The highest BCUT2D eigenvalue weighted by Gasteiger charge is 2.25. The summed E-state index contributed by atoms with van der Waals surface area (Å²) in [5.74, 6) is -4.16. The first-order valence-corrected chi connectivity index (χ1v) is 16.5. The second-order valence-corrected chi connectivity index (χ2v) is 12.2. The molecule has 0 radical (unpaired) electrons. The van der Waals surface area contributed by atoms with Crippen molar-refractivity contribution in [2.45, 2.75) is 64.4 Å². The zero-order chi connectivity index (χ0) is 38.6. The molecule has 0 aliphatic heterocycles. The van der Waals surface area contributed by atoms with E-state index in [-0.39, 0.29) is 46.7 Å². The van der Waals surface area contributed by atoms with Crippen molar-refractivity contribution in [3.05, 3.63) is 79.4 Å².